The van der Waals surface area contributed by atoms with Crippen molar-refractivity contribution < 1.29 is 0 Å². The molecule has 0 fully saturated rings. The quantitative estimate of drug-likeness (QED) is 0.162. The molecular formula is C54H36N2. The van der Waals surface area contributed by atoms with Crippen LogP contribution in [0, 0.1) is 0 Å². The number of rotatable bonds is 6. The van der Waals surface area contributed by atoms with E-state index in [2.05, 4.69) is 228 Å². The van der Waals surface area contributed by atoms with Gasteiger partial charge < -0.3 is 9.13 Å². The molecule has 11 aromatic rings. The molecule has 0 bridgehead atoms. The van der Waals surface area contributed by atoms with E-state index in [1.807, 2.05) is 0 Å². The van der Waals surface area contributed by atoms with E-state index < -0.39 is 0 Å². The van der Waals surface area contributed by atoms with Gasteiger partial charge in [-0.2, -0.15) is 0 Å². The van der Waals surface area contributed by atoms with Crippen molar-refractivity contribution in [2.75, 3.05) is 0 Å². The van der Waals surface area contributed by atoms with E-state index in [1.165, 1.54) is 88.1 Å². The van der Waals surface area contributed by atoms with Gasteiger partial charge in [-0.15, -0.1) is 0 Å². The number of fused-ring (bicyclic) bond motifs is 6. The highest BCUT2D eigenvalue weighted by Crippen LogP contribution is 2.40. The third kappa shape index (κ3) is 5.34. The molecule has 0 aliphatic carbocycles. The van der Waals surface area contributed by atoms with Crippen LogP contribution in [0.5, 0.6) is 0 Å². The highest BCUT2D eigenvalue weighted by atomic mass is 15.0. The number of aromatic nitrogens is 2. The van der Waals surface area contributed by atoms with Gasteiger partial charge in [0.25, 0.3) is 0 Å². The second-order valence-corrected chi connectivity index (χ2v) is 14.6. The molecule has 0 unspecified atom stereocenters. The second-order valence-electron chi connectivity index (χ2n) is 14.6. The van der Waals surface area contributed by atoms with Gasteiger partial charge in [-0.25, -0.2) is 0 Å². The van der Waals surface area contributed by atoms with Crippen molar-refractivity contribution in [2.45, 2.75) is 0 Å². The van der Waals surface area contributed by atoms with Gasteiger partial charge in [0, 0.05) is 32.9 Å². The van der Waals surface area contributed by atoms with Gasteiger partial charge in [-0.1, -0.05) is 164 Å². The molecule has 0 aliphatic heterocycles. The summed E-state index contributed by atoms with van der Waals surface area (Å²) in [5.41, 5.74) is 16.8. The van der Waals surface area contributed by atoms with Crippen molar-refractivity contribution in [2.24, 2.45) is 0 Å². The fraction of sp³-hybridized carbons (Fsp3) is 0. The molecule has 0 atom stereocenters. The van der Waals surface area contributed by atoms with Gasteiger partial charge in [0.05, 0.1) is 22.1 Å². The zero-order valence-electron chi connectivity index (χ0n) is 30.7. The van der Waals surface area contributed by atoms with Crippen LogP contribution in [0.25, 0.3) is 99.5 Å². The average Bonchev–Trinajstić information content (AvgIpc) is 3.79. The fourth-order valence-electron chi connectivity index (χ4n) is 8.58. The van der Waals surface area contributed by atoms with Crippen LogP contribution >= 0.6 is 0 Å². The van der Waals surface area contributed by atoms with Crippen molar-refractivity contribution in [3.63, 3.8) is 0 Å². The van der Waals surface area contributed by atoms with Crippen LogP contribution < -0.4 is 0 Å². The number of para-hydroxylation sites is 2. The van der Waals surface area contributed by atoms with E-state index in [0.717, 1.165) is 11.4 Å². The molecule has 2 aromatic heterocycles. The molecule has 2 heterocycles. The second kappa shape index (κ2) is 13.2. The Bertz CT molecular complexity index is 3190. The van der Waals surface area contributed by atoms with Crippen molar-refractivity contribution in [1.29, 1.82) is 0 Å². The van der Waals surface area contributed by atoms with E-state index in [9.17, 15) is 0 Å². The predicted molar refractivity (Wildman–Crippen MR) is 237 cm³/mol. The maximum absolute atomic E-state index is 2.44. The summed E-state index contributed by atoms with van der Waals surface area (Å²) in [6, 6.07) is 79.4. The SMILES string of the molecule is c1ccc(-c2ccc(-c3ccc4c(c3)c3ccc(-c5ccc6c7ccccc7n(-c7ccccc7)c6c5)cc3n4-c3ccc(-c4ccccc4)cc3)cc2)cc1. The lowest BCUT2D eigenvalue weighted by Gasteiger charge is -2.11. The first-order chi connectivity index (χ1) is 27.8. The summed E-state index contributed by atoms with van der Waals surface area (Å²) in [4.78, 5) is 0. The number of hydrogen-bond donors (Lipinski definition) is 0. The molecule has 0 aliphatic rings. The van der Waals surface area contributed by atoms with Crippen LogP contribution in [0.3, 0.4) is 0 Å². The van der Waals surface area contributed by atoms with Crippen LogP contribution in [0.2, 0.25) is 0 Å². The minimum Gasteiger partial charge on any atom is -0.309 e. The lowest BCUT2D eigenvalue weighted by atomic mass is 9.98. The minimum absolute atomic E-state index is 1.14. The van der Waals surface area contributed by atoms with Crippen molar-refractivity contribution in [3.8, 4) is 55.9 Å². The lowest BCUT2D eigenvalue weighted by molar-refractivity contribution is 1.18. The van der Waals surface area contributed by atoms with Gasteiger partial charge in [0.2, 0.25) is 0 Å². The summed E-state index contributed by atoms with van der Waals surface area (Å²) in [5.74, 6) is 0. The summed E-state index contributed by atoms with van der Waals surface area (Å²) < 4.78 is 4.83. The molecule has 0 N–H and O–H groups in total. The molecular weight excluding hydrogens is 677 g/mol. The number of benzene rings is 9. The Morgan fingerprint density at radius 1 is 0.196 bits per heavy atom. The third-order valence-corrected chi connectivity index (χ3v) is 11.3. The van der Waals surface area contributed by atoms with Gasteiger partial charge in [-0.3, -0.25) is 0 Å². The van der Waals surface area contributed by atoms with Gasteiger partial charge in [-0.05, 0) is 99.1 Å². The zero-order valence-corrected chi connectivity index (χ0v) is 30.7. The normalized spacial score (nSPS) is 11.6. The highest BCUT2D eigenvalue weighted by molar-refractivity contribution is 6.13. The lowest BCUT2D eigenvalue weighted by Crippen LogP contribution is -1.94. The first kappa shape index (κ1) is 32.0. The average molecular weight is 713 g/mol. The van der Waals surface area contributed by atoms with Crippen LogP contribution in [-0.2, 0) is 0 Å². The standard InChI is InChI=1S/C54H36N2/c1-4-12-37(13-5-1)39-20-22-41(23-21-39)42-28-33-52-50(34-42)49-32-27-44(36-54(49)56(52)46-29-24-40(25-30-46)38-14-6-2-7-15-38)43-26-31-48-47-18-10-11-19-51(47)55(53(48)35-43)45-16-8-3-9-17-45/h1-36H. The van der Waals surface area contributed by atoms with E-state index in [1.54, 1.807) is 0 Å². The Hall–Kier alpha value is -7.42. The summed E-state index contributed by atoms with van der Waals surface area (Å²) in [6.07, 6.45) is 0. The third-order valence-electron chi connectivity index (χ3n) is 11.3. The van der Waals surface area contributed by atoms with Gasteiger partial charge in [0.1, 0.15) is 0 Å². The van der Waals surface area contributed by atoms with E-state index >= 15 is 0 Å². The summed E-state index contributed by atoms with van der Waals surface area (Å²) in [5, 5.41) is 4.99. The zero-order chi connectivity index (χ0) is 37.0. The maximum Gasteiger partial charge on any atom is 0.0547 e. The van der Waals surface area contributed by atoms with E-state index in [-0.39, 0.29) is 0 Å². The smallest absolute Gasteiger partial charge is 0.0547 e. The first-order valence-electron chi connectivity index (χ1n) is 19.3. The minimum atomic E-state index is 1.14. The number of nitrogens with zero attached hydrogens (tertiary/aromatic N) is 2. The molecule has 0 radical (unpaired) electrons. The van der Waals surface area contributed by atoms with Crippen LogP contribution in [0.15, 0.2) is 218 Å². The molecule has 2 heteroatoms. The summed E-state index contributed by atoms with van der Waals surface area (Å²) >= 11 is 0. The monoisotopic (exact) mass is 712 g/mol. The topological polar surface area (TPSA) is 9.86 Å². The highest BCUT2D eigenvalue weighted by Gasteiger charge is 2.17. The van der Waals surface area contributed by atoms with E-state index in [4.69, 9.17) is 0 Å². The van der Waals surface area contributed by atoms with Crippen molar-refractivity contribution >= 4 is 43.6 Å². The molecule has 0 spiro atoms. The Balaban J connectivity index is 1.08. The molecule has 9 aromatic carbocycles. The summed E-state index contributed by atoms with van der Waals surface area (Å²) in [7, 11) is 0. The Labute approximate surface area is 325 Å². The van der Waals surface area contributed by atoms with Crippen LogP contribution in [0.1, 0.15) is 0 Å². The molecule has 0 saturated carbocycles. The largest absolute Gasteiger partial charge is 0.309 e. The molecule has 0 saturated heterocycles. The maximum atomic E-state index is 2.44. The van der Waals surface area contributed by atoms with E-state index in [0.29, 0.717) is 0 Å². The Morgan fingerprint density at radius 3 is 1.14 bits per heavy atom. The van der Waals surface area contributed by atoms with Gasteiger partial charge in [0.15, 0.2) is 0 Å². The summed E-state index contributed by atoms with van der Waals surface area (Å²) in [6.45, 7) is 0. The Kier molecular flexibility index (Phi) is 7.53. The molecule has 262 valence electrons. The fourth-order valence-corrected chi connectivity index (χ4v) is 8.58. The van der Waals surface area contributed by atoms with Crippen LogP contribution in [-0.4, -0.2) is 9.13 Å². The van der Waals surface area contributed by atoms with Crippen molar-refractivity contribution in [3.05, 3.63) is 218 Å². The predicted octanol–water partition coefficient (Wildman–Crippen LogP) is 14.5. The van der Waals surface area contributed by atoms with Crippen molar-refractivity contribution in [1.82, 2.24) is 9.13 Å². The molecule has 56 heavy (non-hydrogen) atoms. The number of hydrogen-bond acceptors (Lipinski definition) is 0. The molecule has 2 nitrogen and oxygen atoms in total. The first-order valence-corrected chi connectivity index (χ1v) is 19.3. The van der Waals surface area contributed by atoms with Gasteiger partial charge >= 0.3 is 0 Å². The van der Waals surface area contributed by atoms with Crippen LogP contribution in [0.4, 0.5) is 0 Å². The Morgan fingerprint density at radius 2 is 0.554 bits per heavy atom. The molecule has 0 amide bonds. The molecule has 11 rings (SSSR count).